The van der Waals surface area contributed by atoms with Gasteiger partial charge in [0.25, 0.3) is 40.5 Å². The molecule has 60 heavy (non-hydrogen) atoms. The lowest BCUT2D eigenvalue weighted by Gasteiger charge is -2.14. The molecule has 0 aliphatic rings. The molecule has 0 amide bonds. The molecule has 314 valence electrons. The Bertz CT molecular complexity index is 2800. The smallest absolute Gasteiger partial charge is 0.295 e. The van der Waals surface area contributed by atoms with Gasteiger partial charge in [0, 0.05) is 24.5 Å². The van der Waals surface area contributed by atoms with Crippen molar-refractivity contribution in [3.05, 3.63) is 95.1 Å². The Kier molecular flexibility index (Phi) is 15.9. The highest BCUT2D eigenvalue weighted by Gasteiger charge is 2.20. The van der Waals surface area contributed by atoms with Crippen molar-refractivity contribution in [3.8, 4) is 0 Å². The molecule has 0 aliphatic heterocycles. The molecule has 0 saturated carbocycles. The normalized spacial score (nSPS) is 12.0. The molecule has 0 saturated heterocycles. The van der Waals surface area contributed by atoms with Crippen LogP contribution in [-0.4, -0.2) is 85.5 Å². The molecular formula is C34H28N6O12S8. The van der Waals surface area contributed by atoms with Crippen LogP contribution in [0.5, 0.6) is 0 Å². The Labute approximate surface area is 365 Å². The van der Waals surface area contributed by atoms with Gasteiger partial charge in [-0.2, -0.15) is 43.7 Å². The lowest BCUT2D eigenvalue weighted by molar-refractivity contribution is 0.480. The monoisotopic (exact) mass is 968 g/mol. The van der Waals surface area contributed by atoms with Gasteiger partial charge in [0.2, 0.25) is 0 Å². The summed E-state index contributed by atoms with van der Waals surface area (Å²) in [4.78, 5) is 5.15. The van der Waals surface area contributed by atoms with E-state index < -0.39 is 60.1 Å². The van der Waals surface area contributed by atoms with Crippen LogP contribution < -0.4 is 21.3 Å². The van der Waals surface area contributed by atoms with E-state index in [1.165, 1.54) is 72.8 Å². The maximum absolute atomic E-state index is 12.3. The first-order valence-electron chi connectivity index (χ1n) is 16.1. The predicted molar refractivity (Wildman–Crippen MR) is 241 cm³/mol. The van der Waals surface area contributed by atoms with Gasteiger partial charge in [-0.25, -0.2) is 0 Å². The minimum Gasteiger partial charge on any atom is -0.361 e. The van der Waals surface area contributed by atoms with Gasteiger partial charge in [0.05, 0.1) is 21.7 Å². The number of isothiocyanates is 2. The largest absolute Gasteiger partial charge is 0.361 e. The maximum Gasteiger partial charge on any atom is 0.295 e. The minimum atomic E-state index is -4.82. The van der Waals surface area contributed by atoms with Gasteiger partial charge in [-0.05, 0) is 120 Å². The Morgan fingerprint density at radius 1 is 0.500 bits per heavy atom. The van der Waals surface area contributed by atoms with Gasteiger partial charge < -0.3 is 21.3 Å². The first-order chi connectivity index (χ1) is 28.0. The van der Waals surface area contributed by atoms with Crippen molar-refractivity contribution in [1.29, 1.82) is 0 Å². The number of thiocarbonyl (C=S) groups is 4. The fraction of sp³-hybridized carbons (Fsp3) is 0.0588. The molecule has 0 radical (unpaired) electrons. The first-order valence-corrected chi connectivity index (χ1v) is 23.5. The number of rotatable bonds is 15. The Balaban J connectivity index is 1.39. The lowest BCUT2D eigenvalue weighted by Crippen LogP contribution is -2.38. The van der Waals surface area contributed by atoms with Crippen molar-refractivity contribution in [3.63, 3.8) is 0 Å². The molecule has 0 aliphatic carbocycles. The van der Waals surface area contributed by atoms with E-state index in [2.05, 4.69) is 66.0 Å². The zero-order chi connectivity index (χ0) is 44.5. The van der Waals surface area contributed by atoms with Gasteiger partial charge in [-0.1, -0.05) is 48.6 Å². The molecular weight excluding hydrogens is 941 g/mol. The fourth-order valence-corrected chi connectivity index (χ4v) is 8.50. The van der Waals surface area contributed by atoms with Gasteiger partial charge in [-0.3, -0.25) is 18.2 Å². The number of benzene rings is 4. The van der Waals surface area contributed by atoms with E-state index in [4.69, 9.17) is 24.4 Å². The quantitative estimate of drug-likeness (QED) is 0.0231. The third-order valence-electron chi connectivity index (χ3n) is 7.58. The van der Waals surface area contributed by atoms with Gasteiger partial charge in [0.15, 0.2) is 10.2 Å². The summed E-state index contributed by atoms with van der Waals surface area (Å²) in [6.07, 6.45) is 4.83. The highest BCUT2D eigenvalue weighted by molar-refractivity contribution is 7.86. The van der Waals surface area contributed by atoms with Crippen molar-refractivity contribution in [1.82, 2.24) is 10.6 Å². The van der Waals surface area contributed by atoms with Crippen LogP contribution >= 0.6 is 48.9 Å². The molecule has 4 rings (SSSR count). The summed E-state index contributed by atoms with van der Waals surface area (Å²) in [5.74, 6) is 0. The maximum atomic E-state index is 12.3. The first kappa shape index (κ1) is 47.7. The second-order valence-electron chi connectivity index (χ2n) is 11.7. The highest BCUT2D eigenvalue weighted by Crippen LogP contribution is 2.29. The Hall–Kier alpha value is -5.02. The van der Waals surface area contributed by atoms with Gasteiger partial charge in [0.1, 0.15) is 19.6 Å². The zero-order valence-electron chi connectivity index (χ0n) is 29.9. The summed E-state index contributed by atoms with van der Waals surface area (Å²) in [5, 5.41) is 15.4. The summed E-state index contributed by atoms with van der Waals surface area (Å²) in [6.45, 7) is 0.295. The van der Waals surface area contributed by atoms with Crippen LogP contribution in [0.25, 0.3) is 24.3 Å². The molecule has 4 aromatic rings. The number of aliphatic imine (C=N–C) groups is 2. The van der Waals surface area contributed by atoms with E-state index in [1.54, 1.807) is 0 Å². The van der Waals surface area contributed by atoms with Crippen molar-refractivity contribution >= 4 is 157 Å². The van der Waals surface area contributed by atoms with Gasteiger partial charge in [-0.15, -0.1) is 0 Å². The zero-order valence-corrected chi connectivity index (χ0v) is 36.4. The van der Waals surface area contributed by atoms with Crippen LogP contribution in [0, 0.1) is 0 Å². The third-order valence-corrected chi connectivity index (χ3v) is 11.9. The van der Waals surface area contributed by atoms with Crippen LogP contribution in [0.4, 0.5) is 22.7 Å². The third kappa shape index (κ3) is 13.8. The predicted octanol–water partition coefficient (Wildman–Crippen LogP) is 5.76. The second-order valence-corrected chi connectivity index (χ2v) is 18.4. The standard InChI is InChI=1S/C34H28N6O12S8/c41-57(42,43)29-15-25(37-19-53)9-5-21(29)1-3-23-7-11-27(17-31(23)59(47,48)49)39-33(55)35-13-14-36-34(56)40-28-12-8-24(32(18-28)60(50,51)52)4-2-22-6-10-26(38-20-54)16-30(22)58(44,45)46/h1-12,15-18H,13-14H2,(H2,35,39,55)(H2,36,40,56)(H,41,42,43)(H,44,45,46)(H,47,48,49)(H,50,51,52)/b3-1+,4-2+. The van der Waals surface area contributed by atoms with E-state index in [-0.39, 0.29) is 68.3 Å². The molecule has 4 aromatic carbocycles. The second kappa shape index (κ2) is 20.0. The average molecular weight is 969 g/mol. The lowest BCUT2D eigenvalue weighted by atomic mass is 10.1. The van der Waals surface area contributed by atoms with Crippen molar-refractivity contribution in [2.24, 2.45) is 9.98 Å². The van der Waals surface area contributed by atoms with E-state index in [9.17, 15) is 51.9 Å². The van der Waals surface area contributed by atoms with E-state index in [0.717, 1.165) is 24.3 Å². The Morgan fingerprint density at radius 2 is 0.783 bits per heavy atom. The number of anilines is 2. The van der Waals surface area contributed by atoms with E-state index >= 15 is 0 Å². The minimum absolute atomic E-state index is 0.0266. The number of nitrogens with zero attached hydrogens (tertiary/aromatic N) is 2. The van der Waals surface area contributed by atoms with Crippen LogP contribution in [-0.2, 0) is 40.5 Å². The van der Waals surface area contributed by atoms with Crippen molar-refractivity contribution < 1.29 is 51.9 Å². The number of hydrogen-bond acceptors (Lipinski definition) is 14. The van der Waals surface area contributed by atoms with E-state index in [1.807, 2.05) is 0 Å². The molecule has 0 heterocycles. The molecule has 0 fully saturated rings. The summed E-state index contributed by atoms with van der Waals surface area (Å²) in [5.41, 5.74) is 0.335. The van der Waals surface area contributed by atoms with Crippen LogP contribution in [0.15, 0.2) is 102 Å². The summed E-state index contributed by atoms with van der Waals surface area (Å²) in [6, 6.07) is 15.1. The summed E-state index contributed by atoms with van der Waals surface area (Å²) in [7, 11) is -19.1. The summed E-state index contributed by atoms with van der Waals surface area (Å²) < 4.78 is 136. The molecule has 0 bridgehead atoms. The van der Waals surface area contributed by atoms with Gasteiger partial charge >= 0.3 is 0 Å². The number of nitrogens with one attached hydrogen (secondary N) is 4. The van der Waals surface area contributed by atoms with Crippen LogP contribution in [0.3, 0.4) is 0 Å². The molecule has 8 N–H and O–H groups in total. The highest BCUT2D eigenvalue weighted by atomic mass is 32.2. The van der Waals surface area contributed by atoms with Crippen LogP contribution in [0.2, 0.25) is 0 Å². The van der Waals surface area contributed by atoms with Crippen molar-refractivity contribution in [2.75, 3.05) is 23.7 Å². The molecule has 0 spiro atoms. The van der Waals surface area contributed by atoms with E-state index in [0.29, 0.717) is 0 Å². The average Bonchev–Trinajstić information content (AvgIpc) is 3.15. The molecule has 0 unspecified atom stereocenters. The molecule has 0 atom stereocenters. The Morgan fingerprint density at radius 3 is 1.07 bits per heavy atom. The summed E-state index contributed by atoms with van der Waals surface area (Å²) >= 11 is 19.6. The molecule has 0 aromatic heterocycles. The fourth-order valence-electron chi connectivity index (χ4n) is 5.02. The topological polar surface area (TPSA) is 290 Å². The SMILES string of the molecule is O=S(=O)(O)c1cc(N=C=S)ccc1/C=C/c1ccc(NC(=S)NCCNC(=S)Nc2ccc(/C=C/c3ccc(N=C=S)cc3S(=O)(=O)O)c(S(=O)(=O)O)c2)cc1S(=O)(=O)O. The molecule has 26 heteroatoms. The molecule has 18 nitrogen and oxygen atoms in total. The number of hydrogen-bond donors (Lipinski definition) is 8. The van der Waals surface area contributed by atoms with Crippen LogP contribution in [0.1, 0.15) is 22.3 Å². The van der Waals surface area contributed by atoms with Crippen molar-refractivity contribution in [2.45, 2.75) is 19.6 Å².